The number of amides is 1. The Hall–Kier alpha value is -1.22. The molecule has 1 aliphatic rings. The highest BCUT2D eigenvalue weighted by molar-refractivity contribution is 6.30. The van der Waals surface area contributed by atoms with E-state index in [0.29, 0.717) is 23.1 Å². The van der Waals surface area contributed by atoms with Crippen molar-refractivity contribution in [2.75, 3.05) is 11.9 Å². The highest BCUT2D eigenvalue weighted by Crippen LogP contribution is 2.30. The number of carbonyl (C=O) groups excluding carboxylic acids is 1. The molecule has 3 nitrogen and oxygen atoms in total. The first-order valence-electron chi connectivity index (χ1n) is 4.40. The lowest BCUT2D eigenvalue weighted by Crippen LogP contribution is -2.21. The van der Waals surface area contributed by atoms with Gasteiger partial charge in [-0.05, 0) is 12.1 Å². The number of hydrogen-bond donors (Lipinski definition) is 1. The molecule has 0 saturated heterocycles. The molecule has 0 bridgehead atoms. The molecule has 0 saturated carbocycles. The minimum atomic E-state index is -0.138. The molecular weight excluding hydrogens is 202 g/mol. The summed E-state index contributed by atoms with van der Waals surface area (Å²) in [6, 6.07) is 5.17. The van der Waals surface area contributed by atoms with E-state index in [1.807, 2.05) is 6.92 Å². The lowest BCUT2D eigenvalue weighted by atomic mass is 10.2. The van der Waals surface area contributed by atoms with Crippen molar-refractivity contribution in [1.29, 1.82) is 0 Å². The van der Waals surface area contributed by atoms with Gasteiger partial charge in [0.25, 0.3) is 0 Å². The second kappa shape index (κ2) is 3.50. The molecule has 14 heavy (non-hydrogen) atoms. The number of halogens is 1. The first-order chi connectivity index (χ1) is 6.66. The van der Waals surface area contributed by atoms with Crippen LogP contribution in [0.5, 0.6) is 5.75 Å². The van der Waals surface area contributed by atoms with Crippen LogP contribution in [0.4, 0.5) is 5.69 Å². The van der Waals surface area contributed by atoms with Crippen molar-refractivity contribution in [2.24, 2.45) is 5.92 Å². The number of benzene rings is 1. The first-order valence-corrected chi connectivity index (χ1v) is 4.78. The number of nitrogens with one attached hydrogen (secondary N) is 1. The predicted octanol–water partition coefficient (Wildman–Crippen LogP) is 2.31. The Bertz CT molecular complexity index is 378. The normalized spacial score (nSPS) is 20.4. The highest BCUT2D eigenvalue weighted by atomic mass is 35.5. The Morgan fingerprint density at radius 1 is 1.57 bits per heavy atom. The molecule has 74 valence electrons. The zero-order valence-electron chi connectivity index (χ0n) is 7.71. The highest BCUT2D eigenvalue weighted by Gasteiger charge is 2.20. The van der Waals surface area contributed by atoms with Gasteiger partial charge in [-0.1, -0.05) is 18.5 Å². The molecular formula is C10H10ClNO2. The molecule has 1 aromatic carbocycles. The summed E-state index contributed by atoms with van der Waals surface area (Å²) in [6.45, 7) is 2.21. The molecule has 4 heteroatoms. The third kappa shape index (κ3) is 1.68. The minimum Gasteiger partial charge on any atom is -0.491 e. The van der Waals surface area contributed by atoms with Gasteiger partial charge in [0.1, 0.15) is 5.75 Å². The number of anilines is 1. The molecule has 0 aliphatic carbocycles. The topological polar surface area (TPSA) is 38.3 Å². The zero-order chi connectivity index (χ0) is 10.1. The van der Waals surface area contributed by atoms with Crippen molar-refractivity contribution in [3.8, 4) is 5.75 Å². The zero-order valence-corrected chi connectivity index (χ0v) is 8.47. The molecule has 1 aliphatic heterocycles. The Balaban J connectivity index is 2.37. The summed E-state index contributed by atoms with van der Waals surface area (Å²) in [6.07, 6.45) is 0. The van der Waals surface area contributed by atoms with E-state index in [0.717, 1.165) is 0 Å². The lowest BCUT2D eigenvalue weighted by molar-refractivity contribution is -0.119. The van der Waals surface area contributed by atoms with Crippen LogP contribution in [0.15, 0.2) is 18.2 Å². The van der Waals surface area contributed by atoms with E-state index in [1.54, 1.807) is 18.2 Å². The smallest absolute Gasteiger partial charge is 0.230 e. The summed E-state index contributed by atoms with van der Waals surface area (Å²) in [5.74, 6) is 0.474. The summed E-state index contributed by atoms with van der Waals surface area (Å²) < 4.78 is 5.44. The van der Waals surface area contributed by atoms with Crippen molar-refractivity contribution in [3.05, 3.63) is 23.2 Å². The van der Waals surface area contributed by atoms with E-state index >= 15 is 0 Å². The van der Waals surface area contributed by atoms with Crippen LogP contribution in [-0.2, 0) is 4.79 Å². The summed E-state index contributed by atoms with van der Waals surface area (Å²) in [7, 11) is 0. The van der Waals surface area contributed by atoms with Crippen LogP contribution in [0.2, 0.25) is 5.02 Å². The number of fused-ring (bicyclic) bond motifs is 1. The van der Waals surface area contributed by atoms with Crippen LogP contribution in [0, 0.1) is 5.92 Å². The monoisotopic (exact) mass is 211 g/mol. The van der Waals surface area contributed by atoms with E-state index in [-0.39, 0.29) is 11.8 Å². The summed E-state index contributed by atoms with van der Waals surface area (Å²) >= 11 is 5.81. The Morgan fingerprint density at radius 2 is 2.36 bits per heavy atom. The van der Waals surface area contributed by atoms with Gasteiger partial charge in [0.15, 0.2) is 0 Å². The van der Waals surface area contributed by atoms with Crippen LogP contribution in [0.1, 0.15) is 6.92 Å². The number of rotatable bonds is 0. The fraction of sp³-hybridized carbons (Fsp3) is 0.300. The maximum atomic E-state index is 11.4. The Morgan fingerprint density at radius 3 is 3.14 bits per heavy atom. The molecule has 1 atom stereocenters. The first kappa shape index (κ1) is 9.34. The Labute approximate surface area is 87.0 Å². The van der Waals surface area contributed by atoms with Crippen LogP contribution in [0.3, 0.4) is 0 Å². The molecule has 2 rings (SSSR count). The van der Waals surface area contributed by atoms with Crippen molar-refractivity contribution >= 4 is 23.2 Å². The van der Waals surface area contributed by atoms with E-state index in [9.17, 15) is 4.79 Å². The average molecular weight is 212 g/mol. The van der Waals surface area contributed by atoms with Crippen LogP contribution < -0.4 is 10.1 Å². The van der Waals surface area contributed by atoms with Crippen LogP contribution in [0.25, 0.3) is 0 Å². The number of hydrogen-bond acceptors (Lipinski definition) is 2. The largest absolute Gasteiger partial charge is 0.491 e. The fourth-order valence-electron chi connectivity index (χ4n) is 1.27. The number of ether oxygens (including phenoxy) is 1. The van der Waals surface area contributed by atoms with Crippen molar-refractivity contribution in [3.63, 3.8) is 0 Å². The molecule has 1 heterocycles. The lowest BCUT2D eigenvalue weighted by Gasteiger charge is -2.06. The van der Waals surface area contributed by atoms with Gasteiger partial charge in [0.05, 0.1) is 18.2 Å². The van der Waals surface area contributed by atoms with Gasteiger partial charge >= 0.3 is 0 Å². The molecule has 1 amide bonds. The molecule has 0 aromatic heterocycles. The van der Waals surface area contributed by atoms with Gasteiger partial charge < -0.3 is 10.1 Å². The van der Waals surface area contributed by atoms with E-state index < -0.39 is 0 Å². The maximum absolute atomic E-state index is 11.4. The molecule has 1 unspecified atom stereocenters. The van der Waals surface area contributed by atoms with Crippen LogP contribution in [-0.4, -0.2) is 12.5 Å². The second-order valence-electron chi connectivity index (χ2n) is 3.34. The standard InChI is InChI=1S/C10H10ClNO2/c1-6-5-14-9-4-7(11)2-3-8(9)12-10(6)13/h2-4,6H,5H2,1H3,(H,12,13). The van der Waals surface area contributed by atoms with Gasteiger partial charge in [-0.3, -0.25) is 4.79 Å². The van der Waals surface area contributed by atoms with Crippen molar-refractivity contribution in [2.45, 2.75) is 6.92 Å². The summed E-state index contributed by atoms with van der Waals surface area (Å²) in [4.78, 5) is 11.4. The molecule has 0 spiro atoms. The third-order valence-corrected chi connectivity index (χ3v) is 2.37. The van der Waals surface area contributed by atoms with Crippen LogP contribution >= 0.6 is 11.6 Å². The number of carbonyl (C=O) groups is 1. The second-order valence-corrected chi connectivity index (χ2v) is 3.78. The summed E-state index contributed by atoms with van der Waals surface area (Å²) in [5, 5.41) is 3.38. The predicted molar refractivity (Wildman–Crippen MR) is 54.7 cm³/mol. The van der Waals surface area contributed by atoms with E-state index in [4.69, 9.17) is 16.3 Å². The minimum absolute atomic E-state index is 0.0222. The third-order valence-electron chi connectivity index (χ3n) is 2.14. The SMILES string of the molecule is CC1COc2cc(Cl)ccc2NC1=O. The van der Waals surface area contributed by atoms with Crippen molar-refractivity contribution < 1.29 is 9.53 Å². The summed E-state index contributed by atoms with van der Waals surface area (Å²) in [5.41, 5.74) is 0.684. The van der Waals surface area contributed by atoms with Crippen molar-refractivity contribution in [1.82, 2.24) is 0 Å². The molecule has 1 aromatic rings. The van der Waals surface area contributed by atoms with Gasteiger partial charge in [-0.15, -0.1) is 0 Å². The molecule has 0 radical (unpaired) electrons. The van der Waals surface area contributed by atoms with Gasteiger partial charge in [-0.2, -0.15) is 0 Å². The van der Waals surface area contributed by atoms with Gasteiger partial charge in [0.2, 0.25) is 5.91 Å². The average Bonchev–Trinajstić information content (AvgIpc) is 2.29. The fourth-order valence-corrected chi connectivity index (χ4v) is 1.43. The van der Waals surface area contributed by atoms with E-state index in [1.165, 1.54) is 0 Å². The molecule has 0 fully saturated rings. The van der Waals surface area contributed by atoms with Gasteiger partial charge in [-0.25, -0.2) is 0 Å². The van der Waals surface area contributed by atoms with Gasteiger partial charge in [0, 0.05) is 11.1 Å². The maximum Gasteiger partial charge on any atom is 0.230 e. The van der Waals surface area contributed by atoms with E-state index in [2.05, 4.69) is 5.32 Å². The Kier molecular flexibility index (Phi) is 2.33. The quantitative estimate of drug-likeness (QED) is 0.715. The molecule has 1 N–H and O–H groups in total.